The van der Waals surface area contributed by atoms with Gasteiger partial charge in [0.25, 0.3) is 5.69 Å². The number of rotatable bonds is 2. The van der Waals surface area contributed by atoms with Gasteiger partial charge in [-0.2, -0.15) is 4.58 Å². The maximum atomic E-state index is 10.2. The van der Waals surface area contributed by atoms with Crippen molar-refractivity contribution in [2.45, 2.75) is 0 Å². The number of nitro benzene ring substituents is 1. The van der Waals surface area contributed by atoms with E-state index in [0.717, 1.165) is 0 Å². The first kappa shape index (κ1) is 8.76. The van der Waals surface area contributed by atoms with Crippen molar-refractivity contribution in [2.75, 3.05) is 4.58 Å². The summed E-state index contributed by atoms with van der Waals surface area (Å²) in [6.45, 7) is 0. The average Bonchev–Trinajstić information content (AvgIpc) is 2.04. The first-order chi connectivity index (χ1) is 5.61. The highest BCUT2D eigenvalue weighted by atomic mass is 35.5. The highest BCUT2D eigenvalue weighted by molar-refractivity contribution is 6.24. The summed E-state index contributed by atoms with van der Waals surface area (Å²) in [5.74, 6) is 0. The van der Waals surface area contributed by atoms with Crippen LogP contribution in [0.4, 0.5) is 11.4 Å². The Hall–Kier alpha value is -1.33. The van der Waals surface area contributed by atoms with Gasteiger partial charge in [-0.15, -0.1) is 0 Å². The molecule has 0 aromatic heterocycles. The number of anilines is 1. The van der Waals surface area contributed by atoms with Crippen molar-refractivity contribution < 1.29 is 10.1 Å². The average molecular weight is 189 g/mol. The zero-order valence-corrected chi connectivity index (χ0v) is 6.60. The minimum atomic E-state index is -0.528. The lowest BCUT2D eigenvalue weighted by molar-refractivity contribution is -0.384. The van der Waals surface area contributed by atoms with Crippen molar-refractivity contribution >= 4 is 23.2 Å². The summed E-state index contributed by atoms with van der Waals surface area (Å²) in [4.78, 5) is 9.65. The van der Waals surface area contributed by atoms with Crippen LogP contribution in [-0.2, 0) is 0 Å². The molecule has 0 aliphatic heterocycles. The third kappa shape index (κ3) is 1.84. The first-order valence-corrected chi connectivity index (χ1v) is 3.34. The van der Waals surface area contributed by atoms with Crippen molar-refractivity contribution in [3.8, 4) is 0 Å². The standard InChI is InChI=1S/C6H5ClN2O3/c7-8(10)5-1-3-6(4-2-5)9(11)12/h1-4,10H. The number of halogens is 1. The minimum Gasteiger partial charge on any atom is -0.273 e. The fraction of sp³-hybridized carbons (Fsp3) is 0. The molecular weight excluding hydrogens is 184 g/mol. The van der Waals surface area contributed by atoms with Crippen LogP contribution in [0, 0.1) is 10.1 Å². The Bertz CT molecular complexity index is 285. The Kier molecular flexibility index (Phi) is 2.47. The third-order valence-electron chi connectivity index (χ3n) is 1.27. The van der Waals surface area contributed by atoms with Gasteiger partial charge in [0.05, 0.1) is 10.6 Å². The van der Waals surface area contributed by atoms with Crippen LogP contribution in [0.2, 0.25) is 0 Å². The monoisotopic (exact) mass is 188 g/mol. The van der Waals surface area contributed by atoms with E-state index in [9.17, 15) is 10.1 Å². The highest BCUT2D eigenvalue weighted by Gasteiger charge is 2.05. The van der Waals surface area contributed by atoms with Crippen LogP contribution in [0.1, 0.15) is 0 Å². The molecule has 64 valence electrons. The van der Waals surface area contributed by atoms with Crippen LogP contribution in [-0.4, -0.2) is 10.1 Å². The number of hydrogen-bond acceptors (Lipinski definition) is 4. The van der Waals surface area contributed by atoms with E-state index in [1.54, 1.807) is 0 Å². The Labute approximate surface area is 73.0 Å². The summed E-state index contributed by atoms with van der Waals surface area (Å²) in [6, 6.07) is 5.18. The van der Waals surface area contributed by atoms with Crippen LogP contribution >= 0.6 is 11.8 Å². The van der Waals surface area contributed by atoms with Crippen molar-refractivity contribution in [2.24, 2.45) is 0 Å². The zero-order valence-electron chi connectivity index (χ0n) is 5.85. The molecule has 1 aromatic carbocycles. The van der Waals surface area contributed by atoms with Gasteiger partial charge < -0.3 is 0 Å². The Morgan fingerprint density at radius 3 is 2.25 bits per heavy atom. The van der Waals surface area contributed by atoms with E-state index in [-0.39, 0.29) is 11.4 Å². The van der Waals surface area contributed by atoms with Crippen LogP contribution in [0.25, 0.3) is 0 Å². The van der Waals surface area contributed by atoms with Crippen molar-refractivity contribution in [1.82, 2.24) is 0 Å². The van der Waals surface area contributed by atoms with Crippen molar-refractivity contribution in [3.63, 3.8) is 0 Å². The molecule has 0 atom stereocenters. The summed E-state index contributed by atoms with van der Waals surface area (Å²) in [5, 5.41) is 18.9. The molecule has 0 saturated heterocycles. The van der Waals surface area contributed by atoms with Gasteiger partial charge in [0, 0.05) is 23.9 Å². The Morgan fingerprint density at radius 1 is 1.42 bits per heavy atom. The summed E-state index contributed by atoms with van der Waals surface area (Å²) in [7, 11) is 0. The SMILES string of the molecule is O=[N+]([O-])c1ccc(N(O)Cl)cc1. The smallest absolute Gasteiger partial charge is 0.269 e. The third-order valence-corrected chi connectivity index (χ3v) is 1.47. The van der Waals surface area contributed by atoms with Crippen LogP contribution in [0.15, 0.2) is 24.3 Å². The molecule has 0 radical (unpaired) electrons. The number of nitro groups is 1. The number of hydrogen-bond donors (Lipinski definition) is 1. The highest BCUT2D eigenvalue weighted by Crippen LogP contribution is 2.18. The summed E-state index contributed by atoms with van der Waals surface area (Å²) >= 11 is 5.15. The number of nitrogens with zero attached hydrogens (tertiary/aromatic N) is 2. The van der Waals surface area contributed by atoms with Crippen LogP contribution in [0.5, 0.6) is 0 Å². The van der Waals surface area contributed by atoms with E-state index in [0.29, 0.717) is 4.58 Å². The van der Waals surface area contributed by atoms with Crippen molar-refractivity contribution in [3.05, 3.63) is 34.4 Å². The lowest BCUT2D eigenvalue weighted by atomic mass is 10.3. The van der Waals surface area contributed by atoms with Gasteiger partial charge in [0.1, 0.15) is 0 Å². The maximum Gasteiger partial charge on any atom is 0.269 e. The predicted molar refractivity (Wildman–Crippen MR) is 43.2 cm³/mol. The second-order valence-electron chi connectivity index (χ2n) is 2.03. The van der Waals surface area contributed by atoms with E-state index in [4.69, 9.17) is 17.0 Å². The molecule has 0 bridgehead atoms. The summed E-state index contributed by atoms with van der Waals surface area (Å²) < 4.78 is 0.365. The zero-order chi connectivity index (χ0) is 9.14. The summed E-state index contributed by atoms with van der Waals surface area (Å²) in [5.41, 5.74) is 0.236. The first-order valence-electron chi connectivity index (χ1n) is 3.00. The maximum absolute atomic E-state index is 10.2. The van der Waals surface area contributed by atoms with Gasteiger partial charge in [-0.05, 0) is 12.1 Å². The molecule has 0 aliphatic carbocycles. The van der Waals surface area contributed by atoms with E-state index < -0.39 is 4.92 Å². The van der Waals surface area contributed by atoms with Gasteiger partial charge in [0.15, 0.2) is 0 Å². The molecule has 0 aliphatic rings. The van der Waals surface area contributed by atoms with E-state index >= 15 is 0 Å². The van der Waals surface area contributed by atoms with E-state index in [1.807, 2.05) is 0 Å². The molecule has 0 amide bonds. The number of non-ortho nitro benzene ring substituents is 1. The minimum absolute atomic E-state index is 0.0442. The van der Waals surface area contributed by atoms with E-state index in [1.165, 1.54) is 24.3 Å². The molecule has 12 heavy (non-hydrogen) atoms. The molecule has 6 heteroatoms. The largest absolute Gasteiger partial charge is 0.273 e. The molecule has 1 rings (SSSR count). The molecule has 1 aromatic rings. The van der Waals surface area contributed by atoms with Crippen LogP contribution in [0.3, 0.4) is 0 Å². The molecule has 0 heterocycles. The molecule has 5 nitrogen and oxygen atoms in total. The van der Waals surface area contributed by atoms with Crippen molar-refractivity contribution in [1.29, 1.82) is 0 Å². The second-order valence-corrected chi connectivity index (χ2v) is 2.35. The van der Waals surface area contributed by atoms with Gasteiger partial charge >= 0.3 is 0 Å². The van der Waals surface area contributed by atoms with Gasteiger partial charge in [-0.25, -0.2) is 0 Å². The Balaban J connectivity index is 2.93. The van der Waals surface area contributed by atoms with Gasteiger partial charge in [0.2, 0.25) is 0 Å². The predicted octanol–water partition coefficient (Wildman–Crippen LogP) is 1.94. The summed E-state index contributed by atoms with van der Waals surface area (Å²) in [6.07, 6.45) is 0. The topological polar surface area (TPSA) is 66.6 Å². The van der Waals surface area contributed by atoms with E-state index in [2.05, 4.69) is 0 Å². The molecular formula is C6H5ClN2O3. The lowest BCUT2D eigenvalue weighted by Gasteiger charge is -2.04. The van der Waals surface area contributed by atoms with Gasteiger partial charge in [-0.1, -0.05) is 0 Å². The normalized spacial score (nSPS) is 9.50. The number of benzene rings is 1. The molecule has 1 N–H and O–H groups in total. The molecule has 0 saturated carbocycles. The second kappa shape index (κ2) is 3.38. The van der Waals surface area contributed by atoms with Gasteiger partial charge in [-0.3, -0.25) is 15.3 Å². The molecule has 0 unspecified atom stereocenters. The quantitative estimate of drug-likeness (QED) is 0.438. The fourth-order valence-electron chi connectivity index (χ4n) is 0.697. The fourth-order valence-corrected chi connectivity index (χ4v) is 0.810. The molecule has 0 fully saturated rings. The molecule has 0 spiro atoms. The van der Waals surface area contributed by atoms with Crippen LogP contribution < -0.4 is 4.58 Å². The lowest BCUT2D eigenvalue weighted by Crippen LogP contribution is -2.01. The Morgan fingerprint density at radius 2 is 1.92 bits per heavy atom.